The summed E-state index contributed by atoms with van der Waals surface area (Å²) in [5.74, 6) is 0.579. The lowest BCUT2D eigenvalue weighted by Gasteiger charge is -2.37. The van der Waals surface area contributed by atoms with E-state index in [2.05, 4.69) is 19.2 Å². The minimum absolute atomic E-state index is 0.0525. The van der Waals surface area contributed by atoms with E-state index in [1.807, 2.05) is 0 Å². The molecule has 0 spiro atoms. The Hall–Kier alpha value is -0.210. The van der Waals surface area contributed by atoms with Crippen molar-refractivity contribution in [2.24, 2.45) is 5.92 Å². The minimum atomic E-state index is -3.20. The molecule has 2 aliphatic rings. The molecule has 0 aliphatic carbocycles. The fourth-order valence-electron chi connectivity index (χ4n) is 2.18. The van der Waals surface area contributed by atoms with Crippen LogP contribution in [-0.4, -0.2) is 70.1 Å². The molecule has 2 rings (SSSR count). The van der Waals surface area contributed by atoms with Crippen LogP contribution in [0.3, 0.4) is 0 Å². The van der Waals surface area contributed by atoms with Crippen LogP contribution in [0.15, 0.2) is 0 Å². The molecule has 0 saturated carbocycles. The average molecular weight is 292 g/mol. The first-order chi connectivity index (χ1) is 9.00. The van der Waals surface area contributed by atoms with Crippen LogP contribution in [-0.2, 0) is 19.5 Å². The van der Waals surface area contributed by atoms with E-state index >= 15 is 0 Å². The molecular formula is C12H24N2O4S. The molecule has 112 valence electrons. The molecule has 2 saturated heterocycles. The summed E-state index contributed by atoms with van der Waals surface area (Å²) in [6.07, 6.45) is -0.0525. The van der Waals surface area contributed by atoms with E-state index in [0.717, 1.165) is 6.54 Å². The molecule has 2 fully saturated rings. The number of nitrogens with zero attached hydrogens (tertiary/aromatic N) is 1. The maximum atomic E-state index is 12.3. The number of ether oxygens (including phenoxy) is 2. The molecule has 7 heteroatoms. The van der Waals surface area contributed by atoms with E-state index < -0.39 is 10.0 Å². The summed E-state index contributed by atoms with van der Waals surface area (Å²) in [5.41, 5.74) is 0. The van der Waals surface area contributed by atoms with Crippen LogP contribution in [0, 0.1) is 5.92 Å². The van der Waals surface area contributed by atoms with Gasteiger partial charge in [-0.1, -0.05) is 13.8 Å². The zero-order valence-electron chi connectivity index (χ0n) is 11.7. The predicted molar refractivity (Wildman–Crippen MR) is 72.5 cm³/mol. The van der Waals surface area contributed by atoms with Crippen LogP contribution in [0.2, 0.25) is 0 Å². The first kappa shape index (κ1) is 15.2. The van der Waals surface area contributed by atoms with Gasteiger partial charge in [0.2, 0.25) is 10.0 Å². The summed E-state index contributed by atoms with van der Waals surface area (Å²) in [7, 11) is -3.20. The average Bonchev–Trinajstić information content (AvgIpc) is 2.26. The Morgan fingerprint density at radius 3 is 2.68 bits per heavy atom. The van der Waals surface area contributed by atoms with E-state index in [9.17, 15) is 8.42 Å². The van der Waals surface area contributed by atoms with Gasteiger partial charge in [-0.2, -0.15) is 4.31 Å². The van der Waals surface area contributed by atoms with Crippen LogP contribution in [0.4, 0.5) is 0 Å². The predicted octanol–water partition coefficient (Wildman–Crippen LogP) is -0.339. The van der Waals surface area contributed by atoms with Crippen molar-refractivity contribution in [2.75, 3.05) is 46.0 Å². The van der Waals surface area contributed by atoms with Crippen molar-refractivity contribution in [1.82, 2.24) is 9.62 Å². The Kier molecular flexibility index (Phi) is 5.19. The Morgan fingerprint density at radius 1 is 1.37 bits per heavy atom. The van der Waals surface area contributed by atoms with Gasteiger partial charge in [-0.15, -0.1) is 0 Å². The van der Waals surface area contributed by atoms with Crippen LogP contribution >= 0.6 is 0 Å². The SMILES string of the molecule is CC(C)CNC[C@H]1CN(S(=O)(=O)C2COC2)CCO1. The van der Waals surface area contributed by atoms with Gasteiger partial charge in [0.1, 0.15) is 5.25 Å². The second kappa shape index (κ2) is 6.49. The largest absolute Gasteiger partial charge is 0.378 e. The molecule has 2 heterocycles. The van der Waals surface area contributed by atoms with Gasteiger partial charge >= 0.3 is 0 Å². The van der Waals surface area contributed by atoms with E-state index in [1.165, 1.54) is 0 Å². The summed E-state index contributed by atoms with van der Waals surface area (Å²) in [5, 5.41) is 2.96. The molecule has 0 aromatic carbocycles. The first-order valence-corrected chi connectivity index (χ1v) is 8.39. The van der Waals surface area contributed by atoms with Crippen LogP contribution in [0.5, 0.6) is 0 Å². The number of hydrogen-bond donors (Lipinski definition) is 1. The fraction of sp³-hybridized carbons (Fsp3) is 1.00. The molecule has 19 heavy (non-hydrogen) atoms. The van der Waals surface area contributed by atoms with Gasteiger partial charge in [0.25, 0.3) is 0 Å². The molecular weight excluding hydrogens is 268 g/mol. The molecule has 0 radical (unpaired) electrons. The quantitative estimate of drug-likeness (QED) is 0.725. The monoisotopic (exact) mass is 292 g/mol. The summed E-state index contributed by atoms with van der Waals surface area (Å²) in [6, 6.07) is 0. The molecule has 0 unspecified atom stereocenters. The molecule has 0 bridgehead atoms. The maximum absolute atomic E-state index is 12.3. The van der Waals surface area contributed by atoms with Gasteiger partial charge in [-0.3, -0.25) is 0 Å². The van der Waals surface area contributed by atoms with E-state index in [0.29, 0.717) is 45.4 Å². The van der Waals surface area contributed by atoms with Gasteiger partial charge in [0, 0.05) is 19.6 Å². The number of morpholine rings is 1. The lowest BCUT2D eigenvalue weighted by molar-refractivity contribution is -0.00491. The molecule has 0 aromatic heterocycles. The highest BCUT2D eigenvalue weighted by atomic mass is 32.2. The lowest BCUT2D eigenvalue weighted by Crippen LogP contribution is -2.55. The molecule has 2 aliphatic heterocycles. The van der Waals surface area contributed by atoms with Gasteiger partial charge in [0.15, 0.2) is 0 Å². The number of sulfonamides is 1. The normalized spacial score (nSPS) is 26.6. The second-order valence-electron chi connectivity index (χ2n) is 5.61. The highest BCUT2D eigenvalue weighted by Gasteiger charge is 2.39. The minimum Gasteiger partial charge on any atom is -0.378 e. The Morgan fingerprint density at radius 2 is 2.11 bits per heavy atom. The standard InChI is InChI=1S/C12H24N2O4S/c1-10(2)5-13-6-11-7-14(3-4-18-11)19(15,16)12-8-17-9-12/h10-13H,3-9H2,1-2H3/t11-/m0/s1. The first-order valence-electron chi connectivity index (χ1n) is 6.89. The van der Waals surface area contributed by atoms with Gasteiger partial charge in [-0.25, -0.2) is 8.42 Å². The molecule has 6 nitrogen and oxygen atoms in total. The topological polar surface area (TPSA) is 67.9 Å². The van der Waals surface area contributed by atoms with E-state index in [4.69, 9.17) is 9.47 Å². The van der Waals surface area contributed by atoms with Crippen molar-refractivity contribution in [3.05, 3.63) is 0 Å². The summed E-state index contributed by atoms with van der Waals surface area (Å²) in [4.78, 5) is 0. The molecule has 0 amide bonds. The van der Waals surface area contributed by atoms with Crippen LogP contribution in [0.25, 0.3) is 0 Å². The van der Waals surface area contributed by atoms with Crippen LogP contribution < -0.4 is 5.32 Å². The highest BCUT2D eigenvalue weighted by Crippen LogP contribution is 2.19. The maximum Gasteiger partial charge on any atom is 0.221 e. The van der Waals surface area contributed by atoms with Crippen molar-refractivity contribution >= 4 is 10.0 Å². The molecule has 1 atom stereocenters. The van der Waals surface area contributed by atoms with Crippen molar-refractivity contribution < 1.29 is 17.9 Å². The van der Waals surface area contributed by atoms with E-state index in [-0.39, 0.29) is 11.4 Å². The third-order valence-electron chi connectivity index (χ3n) is 3.41. The summed E-state index contributed by atoms with van der Waals surface area (Å²) >= 11 is 0. The third-order valence-corrected chi connectivity index (χ3v) is 5.58. The zero-order chi connectivity index (χ0) is 13.9. The Balaban J connectivity index is 1.83. The van der Waals surface area contributed by atoms with Crippen molar-refractivity contribution in [3.63, 3.8) is 0 Å². The fourth-order valence-corrected chi connectivity index (χ4v) is 3.84. The van der Waals surface area contributed by atoms with Gasteiger partial charge < -0.3 is 14.8 Å². The zero-order valence-corrected chi connectivity index (χ0v) is 12.5. The summed E-state index contributed by atoms with van der Waals surface area (Å²) in [6.45, 7) is 7.94. The Labute approximate surface area is 115 Å². The summed E-state index contributed by atoms with van der Waals surface area (Å²) < 4.78 is 36.7. The Bertz CT molecular complexity index is 381. The van der Waals surface area contributed by atoms with Crippen LogP contribution in [0.1, 0.15) is 13.8 Å². The number of hydrogen-bond acceptors (Lipinski definition) is 5. The highest BCUT2D eigenvalue weighted by molar-refractivity contribution is 7.89. The number of nitrogens with one attached hydrogen (secondary N) is 1. The van der Waals surface area contributed by atoms with Crippen molar-refractivity contribution in [2.45, 2.75) is 25.2 Å². The smallest absolute Gasteiger partial charge is 0.221 e. The lowest BCUT2D eigenvalue weighted by atomic mass is 10.2. The van der Waals surface area contributed by atoms with Crippen molar-refractivity contribution in [3.8, 4) is 0 Å². The van der Waals surface area contributed by atoms with Crippen molar-refractivity contribution in [1.29, 1.82) is 0 Å². The van der Waals surface area contributed by atoms with Gasteiger partial charge in [-0.05, 0) is 12.5 Å². The van der Waals surface area contributed by atoms with Gasteiger partial charge in [0.05, 0.1) is 25.9 Å². The second-order valence-corrected chi connectivity index (χ2v) is 7.82. The van der Waals surface area contributed by atoms with E-state index in [1.54, 1.807) is 4.31 Å². The number of rotatable bonds is 6. The molecule has 0 aromatic rings. The molecule has 1 N–H and O–H groups in total. The third kappa shape index (κ3) is 3.88.